The normalized spacial score (nSPS) is 12.1. The third kappa shape index (κ3) is 2.90. The van der Waals surface area contributed by atoms with Crippen LogP contribution >= 0.6 is 11.6 Å². The second kappa shape index (κ2) is 4.83. The lowest BCUT2D eigenvalue weighted by Crippen LogP contribution is -2.38. The molecule has 0 aliphatic rings. The van der Waals surface area contributed by atoms with Crippen LogP contribution in [0.1, 0.15) is 0 Å². The highest BCUT2D eigenvalue weighted by Gasteiger charge is 2.12. The summed E-state index contributed by atoms with van der Waals surface area (Å²) in [5, 5.41) is 12.2. The molecule has 0 aliphatic carbocycles. The number of anilines is 1. The summed E-state index contributed by atoms with van der Waals surface area (Å²) in [6.07, 6.45) is 0. The number of halogens is 1. The van der Waals surface area contributed by atoms with Crippen molar-refractivity contribution in [1.82, 2.24) is 0 Å². The summed E-state index contributed by atoms with van der Waals surface area (Å²) in [5.41, 5.74) is 5.72. The van der Waals surface area contributed by atoms with Crippen LogP contribution in [0.4, 0.5) is 5.69 Å². The van der Waals surface area contributed by atoms with Crippen LogP contribution in [0.3, 0.4) is 0 Å². The van der Waals surface area contributed by atoms with Crippen molar-refractivity contribution < 1.29 is 9.90 Å². The topological polar surface area (TPSA) is 75.4 Å². The van der Waals surface area contributed by atoms with E-state index in [1.54, 1.807) is 24.3 Å². The first-order chi connectivity index (χ1) is 6.63. The van der Waals surface area contributed by atoms with Crippen molar-refractivity contribution in [2.75, 3.05) is 11.9 Å². The molecular weight excluding hydrogens is 204 g/mol. The maximum atomic E-state index is 10.8. The SMILES string of the molecule is NC(=O)C(CO)Nc1ccc(Cl)cc1. The molecule has 0 fully saturated rings. The highest BCUT2D eigenvalue weighted by Crippen LogP contribution is 2.13. The number of aliphatic hydroxyl groups excluding tert-OH is 1. The van der Waals surface area contributed by atoms with Crippen molar-refractivity contribution >= 4 is 23.2 Å². The average Bonchev–Trinajstić information content (AvgIpc) is 2.16. The van der Waals surface area contributed by atoms with Gasteiger partial charge < -0.3 is 16.2 Å². The van der Waals surface area contributed by atoms with E-state index in [9.17, 15) is 4.79 Å². The van der Waals surface area contributed by atoms with E-state index in [0.717, 1.165) is 0 Å². The molecule has 0 heterocycles. The first-order valence-corrected chi connectivity index (χ1v) is 4.43. The van der Waals surface area contributed by atoms with Gasteiger partial charge in [0, 0.05) is 10.7 Å². The fraction of sp³-hybridized carbons (Fsp3) is 0.222. The minimum atomic E-state index is -0.767. The van der Waals surface area contributed by atoms with Gasteiger partial charge in [-0.25, -0.2) is 0 Å². The Hall–Kier alpha value is -1.26. The Balaban J connectivity index is 2.67. The zero-order valence-electron chi connectivity index (χ0n) is 7.40. The van der Waals surface area contributed by atoms with E-state index in [1.807, 2.05) is 0 Å². The Morgan fingerprint density at radius 2 is 2.07 bits per heavy atom. The van der Waals surface area contributed by atoms with Gasteiger partial charge in [-0.05, 0) is 24.3 Å². The van der Waals surface area contributed by atoms with E-state index in [4.69, 9.17) is 22.4 Å². The summed E-state index contributed by atoms with van der Waals surface area (Å²) >= 11 is 5.68. The lowest BCUT2D eigenvalue weighted by Gasteiger charge is -2.13. The number of rotatable bonds is 4. The van der Waals surface area contributed by atoms with Gasteiger partial charge in [0.15, 0.2) is 0 Å². The Morgan fingerprint density at radius 3 is 2.50 bits per heavy atom. The number of hydrogen-bond acceptors (Lipinski definition) is 3. The van der Waals surface area contributed by atoms with E-state index in [0.29, 0.717) is 10.7 Å². The Bertz CT molecular complexity index is 313. The second-order valence-electron chi connectivity index (χ2n) is 2.79. The summed E-state index contributed by atoms with van der Waals surface area (Å²) in [4.78, 5) is 10.8. The molecule has 0 spiro atoms. The molecule has 76 valence electrons. The largest absolute Gasteiger partial charge is 0.394 e. The van der Waals surface area contributed by atoms with Crippen molar-refractivity contribution in [3.63, 3.8) is 0 Å². The predicted octanol–water partition coefficient (Wildman–Crippen LogP) is 0.598. The molecule has 0 saturated heterocycles. The molecule has 0 aliphatic heterocycles. The van der Waals surface area contributed by atoms with E-state index < -0.39 is 11.9 Å². The molecule has 1 atom stereocenters. The lowest BCUT2D eigenvalue weighted by molar-refractivity contribution is -0.119. The Kier molecular flexibility index (Phi) is 3.73. The van der Waals surface area contributed by atoms with Gasteiger partial charge in [0.1, 0.15) is 6.04 Å². The fourth-order valence-corrected chi connectivity index (χ4v) is 1.08. The number of primary amides is 1. The molecule has 1 unspecified atom stereocenters. The summed E-state index contributed by atoms with van der Waals surface area (Å²) in [5.74, 6) is -0.595. The summed E-state index contributed by atoms with van der Waals surface area (Å²) in [6.45, 7) is -0.335. The van der Waals surface area contributed by atoms with E-state index in [1.165, 1.54) is 0 Å². The van der Waals surface area contributed by atoms with E-state index in [-0.39, 0.29) is 6.61 Å². The molecule has 1 aromatic rings. The monoisotopic (exact) mass is 214 g/mol. The third-order valence-electron chi connectivity index (χ3n) is 1.71. The number of aliphatic hydroxyl groups is 1. The molecule has 0 aromatic heterocycles. The minimum Gasteiger partial charge on any atom is -0.394 e. The summed E-state index contributed by atoms with van der Waals surface area (Å²) in [6, 6.07) is 6.00. The minimum absolute atomic E-state index is 0.335. The zero-order valence-corrected chi connectivity index (χ0v) is 8.16. The van der Waals surface area contributed by atoms with Crippen LogP contribution in [0, 0.1) is 0 Å². The van der Waals surface area contributed by atoms with Crippen molar-refractivity contribution in [2.24, 2.45) is 5.73 Å². The number of carbonyl (C=O) groups excluding carboxylic acids is 1. The molecule has 1 amide bonds. The number of nitrogens with one attached hydrogen (secondary N) is 1. The van der Waals surface area contributed by atoms with Crippen LogP contribution in [0.2, 0.25) is 5.02 Å². The Morgan fingerprint density at radius 1 is 1.50 bits per heavy atom. The molecule has 4 nitrogen and oxygen atoms in total. The number of nitrogens with two attached hydrogens (primary N) is 1. The van der Waals surface area contributed by atoms with Gasteiger partial charge in [-0.3, -0.25) is 4.79 Å². The van der Waals surface area contributed by atoms with Crippen molar-refractivity contribution in [3.8, 4) is 0 Å². The van der Waals surface area contributed by atoms with Gasteiger partial charge in [-0.1, -0.05) is 11.6 Å². The van der Waals surface area contributed by atoms with E-state index in [2.05, 4.69) is 5.32 Å². The average molecular weight is 215 g/mol. The first kappa shape index (κ1) is 10.8. The van der Waals surface area contributed by atoms with Gasteiger partial charge in [-0.15, -0.1) is 0 Å². The standard InChI is InChI=1S/C9H11ClN2O2/c10-6-1-3-7(4-2-6)12-8(5-13)9(11)14/h1-4,8,12-13H,5H2,(H2,11,14). The molecule has 0 bridgehead atoms. The van der Waals surface area contributed by atoms with Gasteiger partial charge in [0.05, 0.1) is 6.61 Å². The van der Waals surface area contributed by atoms with Crippen molar-refractivity contribution in [1.29, 1.82) is 0 Å². The first-order valence-electron chi connectivity index (χ1n) is 4.05. The van der Waals surface area contributed by atoms with Gasteiger partial charge in [0.2, 0.25) is 5.91 Å². The van der Waals surface area contributed by atoms with Crippen LogP contribution < -0.4 is 11.1 Å². The summed E-state index contributed by atoms with van der Waals surface area (Å²) < 4.78 is 0. The molecule has 5 heteroatoms. The quantitative estimate of drug-likeness (QED) is 0.687. The maximum Gasteiger partial charge on any atom is 0.242 e. The van der Waals surface area contributed by atoms with E-state index >= 15 is 0 Å². The molecule has 4 N–H and O–H groups in total. The number of amides is 1. The molecule has 0 radical (unpaired) electrons. The van der Waals surface area contributed by atoms with Crippen molar-refractivity contribution in [3.05, 3.63) is 29.3 Å². The highest BCUT2D eigenvalue weighted by atomic mass is 35.5. The fourth-order valence-electron chi connectivity index (χ4n) is 0.954. The maximum absolute atomic E-state index is 10.8. The highest BCUT2D eigenvalue weighted by molar-refractivity contribution is 6.30. The number of hydrogen-bond donors (Lipinski definition) is 3. The van der Waals surface area contributed by atoms with Crippen LogP contribution in [-0.4, -0.2) is 23.7 Å². The van der Waals surface area contributed by atoms with Crippen molar-refractivity contribution in [2.45, 2.75) is 6.04 Å². The Labute approximate surface area is 86.7 Å². The predicted molar refractivity (Wildman–Crippen MR) is 55.1 cm³/mol. The smallest absolute Gasteiger partial charge is 0.242 e. The van der Waals surface area contributed by atoms with Crippen LogP contribution in [0.25, 0.3) is 0 Å². The third-order valence-corrected chi connectivity index (χ3v) is 1.96. The number of benzene rings is 1. The zero-order chi connectivity index (χ0) is 10.6. The van der Waals surface area contributed by atoms with Gasteiger partial charge in [0.25, 0.3) is 0 Å². The summed E-state index contributed by atoms with van der Waals surface area (Å²) in [7, 11) is 0. The van der Waals surface area contributed by atoms with Gasteiger partial charge >= 0.3 is 0 Å². The van der Waals surface area contributed by atoms with Gasteiger partial charge in [-0.2, -0.15) is 0 Å². The molecule has 1 aromatic carbocycles. The molecule has 0 saturated carbocycles. The van der Waals surface area contributed by atoms with Crippen LogP contribution in [0.5, 0.6) is 0 Å². The molecule has 1 rings (SSSR count). The van der Waals surface area contributed by atoms with Crippen LogP contribution in [0.15, 0.2) is 24.3 Å². The molecular formula is C9H11ClN2O2. The molecule has 14 heavy (non-hydrogen) atoms. The second-order valence-corrected chi connectivity index (χ2v) is 3.23. The number of carbonyl (C=O) groups is 1. The van der Waals surface area contributed by atoms with Crippen LogP contribution in [-0.2, 0) is 4.79 Å². The lowest BCUT2D eigenvalue weighted by atomic mass is 10.2.